The molecule has 0 aliphatic carbocycles. The summed E-state index contributed by atoms with van der Waals surface area (Å²) >= 11 is 0. The second-order valence-electron chi connectivity index (χ2n) is 1.40. The second kappa shape index (κ2) is 4.03. The van der Waals surface area contributed by atoms with E-state index in [9.17, 15) is 10.1 Å². The molecule has 1 aromatic rings. The summed E-state index contributed by atoms with van der Waals surface area (Å²) in [5.74, 6) is 0. The van der Waals surface area contributed by atoms with Crippen LogP contribution in [0.4, 0.5) is 5.69 Å². The van der Waals surface area contributed by atoms with E-state index in [0.717, 1.165) is 6.20 Å². The molecule has 0 aliphatic rings. The van der Waals surface area contributed by atoms with Crippen molar-refractivity contribution in [2.45, 2.75) is 0 Å². The standard InChI is InChI=1S/C5H3N2O2.V/c8-7(9)5-2-1-3-6-4-5;/h1-2,4H;/q-1;. The molecule has 0 fully saturated rings. The van der Waals surface area contributed by atoms with Gasteiger partial charge in [-0.15, -0.1) is 0 Å². The van der Waals surface area contributed by atoms with Gasteiger partial charge in [0.2, 0.25) is 0 Å². The van der Waals surface area contributed by atoms with Crippen molar-refractivity contribution in [3.8, 4) is 0 Å². The number of nitro groups is 1. The molecule has 0 spiro atoms. The van der Waals surface area contributed by atoms with Crippen LogP contribution in [0.25, 0.3) is 0 Å². The Kier molecular flexibility index (Phi) is 3.68. The van der Waals surface area contributed by atoms with Crippen LogP contribution >= 0.6 is 0 Å². The zero-order valence-electron chi connectivity index (χ0n) is 4.89. The predicted molar refractivity (Wildman–Crippen MR) is 29.7 cm³/mol. The van der Waals surface area contributed by atoms with Gasteiger partial charge in [0.1, 0.15) is 0 Å². The smallest absolute Gasteiger partial charge is 0.183 e. The van der Waals surface area contributed by atoms with Crippen molar-refractivity contribution >= 4 is 5.69 Å². The molecule has 1 aromatic heterocycles. The molecule has 1 heterocycles. The van der Waals surface area contributed by atoms with Crippen LogP contribution in [0.15, 0.2) is 18.3 Å². The van der Waals surface area contributed by atoms with E-state index in [4.69, 9.17) is 0 Å². The van der Waals surface area contributed by atoms with E-state index in [2.05, 4.69) is 11.2 Å². The zero-order chi connectivity index (χ0) is 6.69. The molecule has 0 amide bonds. The van der Waals surface area contributed by atoms with Gasteiger partial charge in [-0.2, -0.15) is 6.07 Å². The number of rotatable bonds is 1. The van der Waals surface area contributed by atoms with Crippen LogP contribution in [0.1, 0.15) is 0 Å². The Hall–Kier alpha value is -0.866. The first-order valence-electron chi connectivity index (χ1n) is 2.27. The monoisotopic (exact) mass is 174 g/mol. The number of nitrogens with zero attached hydrogens (tertiary/aromatic N) is 2. The van der Waals surface area contributed by atoms with Crippen molar-refractivity contribution in [1.82, 2.24) is 4.98 Å². The van der Waals surface area contributed by atoms with Crippen molar-refractivity contribution in [2.75, 3.05) is 0 Å². The van der Waals surface area contributed by atoms with Crippen LogP contribution in [-0.2, 0) is 18.6 Å². The topological polar surface area (TPSA) is 56.0 Å². The van der Waals surface area contributed by atoms with Crippen LogP contribution in [0.5, 0.6) is 0 Å². The molecule has 0 N–H and O–H groups in total. The van der Waals surface area contributed by atoms with Gasteiger partial charge < -0.3 is 4.98 Å². The van der Waals surface area contributed by atoms with Gasteiger partial charge in [-0.05, 0) is 6.20 Å². The van der Waals surface area contributed by atoms with Crippen molar-refractivity contribution in [3.63, 3.8) is 0 Å². The molecule has 0 saturated carbocycles. The number of pyridine rings is 1. The van der Waals surface area contributed by atoms with E-state index in [-0.39, 0.29) is 24.2 Å². The van der Waals surface area contributed by atoms with Crippen LogP contribution in [0, 0.1) is 16.3 Å². The fourth-order valence-corrected chi connectivity index (χ4v) is 0.420. The predicted octanol–water partition coefficient (Wildman–Crippen LogP) is 0.787. The third-order valence-corrected chi connectivity index (χ3v) is 0.811. The van der Waals surface area contributed by atoms with Gasteiger partial charge in [0.15, 0.2) is 5.69 Å². The van der Waals surface area contributed by atoms with E-state index in [1.807, 2.05) is 0 Å². The molecule has 51 valence electrons. The largest absolute Gasteiger partial charge is 0.388 e. The Morgan fingerprint density at radius 1 is 1.70 bits per heavy atom. The van der Waals surface area contributed by atoms with Crippen molar-refractivity contribution in [2.24, 2.45) is 0 Å². The summed E-state index contributed by atoms with van der Waals surface area (Å²) in [6.07, 6.45) is 3.59. The zero-order valence-corrected chi connectivity index (χ0v) is 6.29. The molecule has 0 aromatic carbocycles. The van der Waals surface area contributed by atoms with Gasteiger partial charge >= 0.3 is 0 Å². The Bertz CT molecular complexity index is 214. The van der Waals surface area contributed by atoms with Crippen molar-refractivity contribution in [3.05, 3.63) is 34.6 Å². The fraction of sp³-hybridized carbons (Fsp3) is 0. The van der Waals surface area contributed by atoms with Crippen molar-refractivity contribution < 1.29 is 23.5 Å². The quantitative estimate of drug-likeness (QED) is 0.359. The molecular formula is C5H3N2O2V-. The SMILES string of the molecule is O=[N+]([O-])c1cc[c-]nc1.[V]. The van der Waals surface area contributed by atoms with Crippen LogP contribution in [-0.4, -0.2) is 9.91 Å². The first kappa shape index (κ1) is 9.13. The maximum absolute atomic E-state index is 9.95. The summed E-state index contributed by atoms with van der Waals surface area (Å²) in [5, 5.41) is 9.95. The van der Waals surface area contributed by atoms with E-state index < -0.39 is 4.92 Å². The summed E-state index contributed by atoms with van der Waals surface area (Å²) in [4.78, 5) is 12.9. The summed E-state index contributed by atoms with van der Waals surface area (Å²) in [6.45, 7) is 0. The molecule has 0 saturated heterocycles. The molecule has 0 atom stereocenters. The molecule has 10 heavy (non-hydrogen) atoms. The normalized spacial score (nSPS) is 8.00. The maximum atomic E-state index is 9.95. The van der Waals surface area contributed by atoms with Gasteiger partial charge in [-0.1, -0.05) is 12.3 Å². The van der Waals surface area contributed by atoms with Gasteiger partial charge in [0, 0.05) is 23.5 Å². The van der Waals surface area contributed by atoms with E-state index >= 15 is 0 Å². The van der Waals surface area contributed by atoms with Crippen LogP contribution < -0.4 is 0 Å². The molecule has 5 heteroatoms. The molecular weight excluding hydrogens is 171 g/mol. The van der Waals surface area contributed by atoms with Crippen LogP contribution in [0.3, 0.4) is 0 Å². The number of hydrogen-bond acceptors (Lipinski definition) is 3. The fourth-order valence-electron chi connectivity index (χ4n) is 0.420. The van der Waals surface area contributed by atoms with Gasteiger partial charge in [0.05, 0.1) is 0 Å². The maximum Gasteiger partial charge on any atom is 0.183 e. The summed E-state index contributed by atoms with van der Waals surface area (Å²) < 4.78 is 0. The minimum atomic E-state index is -0.499. The van der Waals surface area contributed by atoms with E-state index in [1.54, 1.807) is 0 Å². The average molecular weight is 174 g/mol. The first-order valence-corrected chi connectivity index (χ1v) is 2.27. The average Bonchev–Trinajstić information content (AvgIpc) is 1.90. The minimum Gasteiger partial charge on any atom is -0.388 e. The number of aromatic nitrogens is 1. The Labute approximate surface area is 69.3 Å². The van der Waals surface area contributed by atoms with Gasteiger partial charge in [-0.3, -0.25) is 10.1 Å². The van der Waals surface area contributed by atoms with Crippen molar-refractivity contribution in [1.29, 1.82) is 0 Å². The number of hydrogen-bond donors (Lipinski definition) is 0. The van der Waals surface area contributed by atoms with Gasteiger partial charge in [0.25, 0.3) is 0 Å². The second-order valence-corrected chi connectivity index (χ2v) is 1.40. The van der Waals surface area contributed by atoms with E-state index in [0.29, 0.717) is 0 Å². The first-order chi connectivity index (χ1) is 4.30. The molecule has 0 bridgehead atoms. The van der Waals surface area contributed by atoms with Gasteiger partial charge in [-0.25, -0.2) is 0 Å². The Morgan fingerprint density at radius 3 is 2.70 bits per heavy atom. The molecule has 0 unspecified atom stereocenters. The third-order valence-electron chi connectivity index (χ3n) is 0.811. The summed E-state index contributed by atoms with van der Waals surface area (Å²) in [6, 6.07) is 2.74. The molecule has 1 rings (SSSR count). The molecule has 1 radical (unpaired) electrons. The summed E-state index contributed by atoms with van der Waals surface area (Å²) in [5.41, 5.74) is -0.00579. The van der Waals surface area contributed by atoms with Crippen LogP contribution in [0.2, 0.25) is 0 Å². The Morgan fingerprint density at radius 2 is 2.40 bits per heavy atom. The third kappa shape index (κ3) is 2.17. The Balaban J connectivity index is 0.000000810. The minimum absolute atomic E-state index is 0. The van der Waals surface area contributed by atoms with E-state index in [1.165, 1.54) is 12.1 Å². The summed E-state index contributed by atoms with van der Waals surface area (Å²) in [7, 11) is 0. The molecule has 0 aliphatic heterocycles. The molecule has 4 nitrogen and oxygen atoms in total.